The van der Waals surface area contributed by atoms with E-state index in [9.17, 15) is 9.59 Å². The first-order valence-corrected chi connectivity index (χ1v) is 6.19. The second-order valence-electron chi connectivity index (χ2n) is 4.74. The van der Waals surface area contributed by atoms with Gasteiger partial charge in [0.15, 0.2) is 0 Å². The molecule has 0 spiro atoms. The molecule has 7 nitrogen and oxygen atoms in total. The highest BCUT2D eigenvalue weighted by Gasteiger charge is 2.24. The van der Waals surface area contributed by atoms with Gasteiger partial charge in [-0.25, -0.2) is 4.79 Å². The number of urea groups is 1. The van der Waals surface area contributed by atoms with Gasteiger partial charge >= 0.3 is 6.03 Å². The van der Waals surface area contributed by atoms with Crippen LogP contribution in [0.15, 0.2) is 9.64 Å². The number of hydrogen-bond donors (Lipinski definition) is 2. The molecule has 0 aliphatic heterocycles. The number of aromatic nitrogens is 2. The lowest BCUT2D eigenvalue weighted by atomic mass is 9.97. The van der Waals surface area contributed by atoms with Crippen molar-refractivity contribution < 1.29 is 14.0 Å². The zero-order valence-electron chi connectivity index (χ0n) is 10.7. The molecule has 0 saturated carbocycles. The van der Waals surface area contributed by atoms with E-state index in [0.717, 1.165) is 11.8 Å². The van der Waals surface area contributed by atoms with E-state index in [1.54, 1.807) is 6.92 Å². The third kappa shape index (κ3) is 4.02. The van der Waals surface area contributed by atoms with Crippen LogP contribution >= 0.6 is 11.8 Å². The fraction of sp³-hybridized carbons (Fsp3) is 0.600. The van der Waals surface area contributed by atoms with Crippen molar-refractivity contribution in [2.75, 3.05) is 0 Å². The Balaban J connectivity index is 2.65. The third-order valence-corrected chi connectivity index (χ3v) is 2.88. The molecule has 0 aliphatic carbocycles. The van der Waals surface area contributed by atoms with Gasteiger partial charge in [-0.15, -0.1) is 10.2 Å². The Kier molecular flexibility index (Phi) is 4.33. The molecule has 0 saturated heterocycles. The summed E-state index contributed by atoms with van der Waals surface area (Å²) in [7, 11) is 0. The number of primary amides is 1. The fourth-order valence-corrected chi connectivity index (χ4v) is 1.67. The number of nitrogens with zero attached hydrogens (tertiary/aromatic N) is 2. The van der Waals surface area contributed by atoms with Crippen LogP contribution in [0.4, 0.5) is 4.79 Å². The van der Waals surface area contributed by atoms with Crippen LogP contribution in [0.5, 0.6) is 0 Å². The first kappa shape index (κ1) is 14.5. The zero-order valence-corrected chi connectivity index (χ0v) is 11.5. The molecule has 1 heterocycles. The molecule has 1 aromatic rings. The number of nitrogens with one attached hydrogen (secondary N) is 1. The van der Waals surface area contributed by atoms with Gasteiger partial charge in [0.05, 0.1) is 5.25 Å². The predicted molar refractivity (Wildman–Crippen MR) is 66.0 cm³/mol. The van der Waals surface area contributed by atoms with Crippen molar-refractivity contribution in [2.24, 2.45) is 5.73 Å². The normalized spacial score (nSPS) is 13.1. The number of imide groups is 1. The average Bonchev–Trinajstić information content (AvgIpc) is 2.64. The monoisotopic (exact) mass is 272 g/mol. The summed E-state index contributed by atoms with van der Waals surface area (Å²) in [6, 6.07) is -0.881. The molecule has 0 aliphatic rings. The van der Waals surface area contributed by atoms with Gasteiger partial charge in [0.25, 0.3) is 5.22 Å². The Morgan fingerprint density at radius 1 is 1.39 bits per heavy atom. The Bertz CT molecular complexity index is 452. The van der Waals surface area contributed by atoms with Crippen LogP contribution in [-0.4, -0.2) is 27.4 Å². The highest BCUT2D eigenvalue weighted by molar-refractivity contribution is 8.00. The van der Waals surface area contributed by atoms with E-state index in [2.05, 4.69) is 10.2 Å². The molecule has 1 rings (SSSR count). The van der Waals surface area contributed by atoms with Crippen molar-refractivity contribution in [1.82, 2.24) is 15.5 Å². The molecule has 8 heteroatoms. The van der Waals surface area contributed by atoms with E-state index in [-0.39, 0.29) is 10.6 Å². The van der Waals surface area contributed by atoms with Crippen LogP contribution in [-0.2, 0) is 10.2 Å². The minimum absolute atomic E-state index is 0.246. The highest BCUT2D eigenvalue weighted by Crippen LogP contribution is 2.26. The van der Waals surface area contributed by atoms with Crippen molar-refractivity contribution in [2.45, 2.75) is 43.6 Å². The number of hydrogen-bond acceptors (Lipinski definition) is 6. The molecule has 0 aromatic carbocycles. The second kappa shape index (κ2) is 5.38. The van der Waals surface area contributed by atoms with E-state index in [4.69, 9.17) is 10.2 Å². The van der Waals surface area contributed by atoms with Crippen molar-refractivity contribution in [3.8, 4) is 0 Å². The average molecular weight is 272 g/mol. The molecular formula is C10H16N4O3S. The van der Waals surface area contributed by atoms with Crippen LogP contribution in [0.25, 0.3) is 0 Å². The van der Waals surface area contributed by atoms with Crippen LogP contribution < -0.4 is 11.1 Å². The molecule has 0 radical (unpaired) electrons. The second-order valence-corrected chi connectivity index (χ2v) is 6.03. The summed E-state index contributed by atoms with van der Waals surface area (Å²) in [5.74, 6) is -0.00415. The molecule has 1 unspecified atom stereocenters. The van der Waals surface area contributed by atoms with Crippen molar-refractivity contribution in [3.05, 3.63) is 5.89 Å². The van der Waals surface area contributed by atoms with Gasteiger partial charge in [0.1, 0.15) is 0 Å². The molecule has 1 aromatic heterocycles. The minimum atomic E-state index is -0.881. The van der Waals surface area contributed by atoms with Crippen molar-refractivity contribution in [3.63, 3.8) is 0 Å². The Morgan fingerprint density at radius 2 is 2.00 bits per heavy atom. The van der Waals surface area contributed by atoms with Gasteiger partial charge in [0.2, 0.25) is 11.8 Å². The standard InChI is InChI=1S/C10H16N4O3S/c1-5(6(15)12-8(11)16)18-9-14-13-7(17-9)10(2,3)4/h5H,1-4H3,(H3,11,12,15,16). The predicted octanol–water partition coefficient (Wildman–Crippen LogP) is 1.04. The van der Waals surface area contributed by atoms with Gasteiger partial charge in [-0.05, 0) is 6.92 Å². The first-order valence-electron chi connectivity index (χ1n) is 5.31. The van der Waals surface area contributed by atoms with Crippen molar-refractivity contribution >= 4 is 23.7 Å². The largest absolute Gasteiger partial charge is 0.415 e. The van der Waals surface area contributed by atoms with E-state index >= 15 is 0 Å². The molecule has 0 fully saturated rings. The Labute approximate surface area is 109 Å². The van der Waals surface area contributed by atoms with Crippen LogP contribution in [0.3, 0.4) is 0 Å². The summed E-state index contributed by atoms with van der Waals surface area (Å²) >= 11 is 1.07. The lowest BCUT2D eigenvalue weighted by molar-refractivity contribution is -0.119. The summed E-state index contributed by atoms with van der Waals surface area (Å²) in [6.45, 7) is 7.44. The maximum atomic E-state index is 11.4. The molecule has 3 amide bonds. The van der Waals surface area contributed by atoms with Crippen LogP contribution in [0, 0.1) is 0 Å². The minimum Gasteiger partial charge on any atom is -0.415 e. The Morgan fingerprint density at radius 3 is 2.44 bits per heavy atom. The smallest absolute Gasteiger partial charge is 0.318 e. The van der Waals surface area contributed by atoms with E-state index in [0.29, 0.717) is 5.89 Å². The summed E-state index contributed by atoms with van der Waals surface area (Å²) < 4.78 is 5.42. The molecule has 1 atom stereocenters. The van der Waals surface area contributed by atoms with Crippen LogP contribution in [0.1, 0.15) is 33.6 Å². The fourth-order valence-electron chi connectivity index (χ4n) is 0.988. The van der Waals surface area contributed by atoms with Gasteiger partial charge in [-0.1, -0.05) is 32.5 Å². The number of carbonyl (C=O) groups is 2. The topological polar surface area (TPSA) is 111 Å². The molecule has 18 heavy (non-hydrogen) atoms. The maximum Gasteiger partial charge on any atom is 0.318 e. The zero-order chi connectivity index (χ0) is 13.9. The number of amides is 3. The van der Waals surface area contributed by atoms with Gasteiger partial charge in [0, 0.05) is 5.41 Å². The van der Waals surface area contributed by atoms with Crippen LogP contribution in [0.2, 0.25) is 0 Å². The molecule has 100 valence electrons. The Hall–Kier alpha value is -1.57. The summed E-state index contributed by atoms with van der Waals surface area (Å²) in [4.78, 5) is 22.0. The lowest BCUT2D eigenvalue weighted by Crippen LogP contribution is -2.39. The first-order chi connectivity index (χ1) is 8.20. The molecule has 0 bridgehead atoms. The van der Waals surface area contributed by atoms with Crippen molar-refractivity contribution in [1.29, 1.82) is 0 Å². The molecule has 3 N–H and O–H groups in total. The summed E-state index contributed by atoms with van der Waals surface area (Å²) in [5, 5.41) is 9.46. The SMILES string of the molecule is CC(Sc1nnc(C(C)(C)C)o1)C(=O)NC(N)=O. The third-order valence-electron chi connectivity index (χ3n) is 1.94. The van der Waals surface area contributed by atoms with E-state index in [1.165, 1.54) is 0 Å². The summed E-state index contributed by atoms with van der Waals surface area (Å²) in [5.41, 5.74) is 4.61. The number of thioether (sulfide) groups is 1. The maximum absolute atomic E-state index is 11.4. The number of nitrogens with two attached hydrogens (primary N) is 1. The highest BCUT2D eigenvalue weighted by atomic mass is 32.2. The number of rotatable bonds is 3. The van der Waals surface area contributed by atoms with E-state index in [1.807, 2.05) is 26.1 Å². The van der Waals surface area contributed by atoms with Gasteiger partial charge in [-0.3, -0.25) is 10.1 Å². The lowest BCUT2D eigenvalue weighted by Gasteiger charge is -2.11. The van der Waals surface area contributed by atoms with Gasteiger partial charge in [-0.2, -0.15) is 0 Å². The molecular weight excluding hydrogens is 256 g/mol. The van der Waals surface area contributed by atoms with E-state index < -0.39 is 17.2 Å². The summed E-state index contributed by atoms with van der Waals surface area (Å²) in [6.07, 6.45) is 0. The van der Waals surface area contributed by atoms with Gasteiger partial charge < -0.3 is 10.2 Å². The quantitative estimate of drug-likeness (QED) is 0.795. The number of carbonyl (C=O) groups excluding carboxylic acids is 2.